The first-order chi connectivity index (χ1) is 15.9. The minimum atomic E-state index is -0.915. The molecule has 0 aliphatic heterocycles. The Kier molecular flexibility index (Phi) is 8.46. The molecular formula is C26H32N2O5. The second kappa shape index (κ2) is 11.5. The number of hydrogen-bond acceptors (Lipinski definition) is 4. The zero-order chi connectivity index (χ0) is 23.8. The van der Waals surface area contributed by atoms with Crippen LogP contribution < -0.4 is 5.32 Å². The summed E-state index contributed by atoms with van der Waals surface area (Å²) in [6.07, 6.45) is 0.401. The van der Waals surface area contributed by atoms with Crippen LogP contribution in [0, 0.1) is 5.92 Å². The second-order valence-electron chi connectivity index (χ2n) is 8.47. The van der Waals surface area contributed by atoms with Crippen LogP contribution in [0.15, 0.2) is 48.5 Å². The molecule has 176 valence electrons. The SMILES string of the molecule is CCN(CCC(=O)O)C(=O)CCC(C)CNC(=O)OCC1c2ccccc2-c2ccccc21. The first-order valence-electron chi connectivity index (χ1n) is 11.5. The number of carbonyl (C=O) groups excluding carboxylic acids is 2. The highest BCUT2D eigenvalue weighted by atomic mass is 16.5. The lowest BCUT2D eigenvalue weighted by molar-refractivity contribution is -0.138. The van der Waals surface area contributed by atoms with Crippen molar-refractivity contribution in [1.82, 2.24) is 10.2 Å². The number of rotatable bonds is 11. The zero-order valence-electron chi connectivity index (χ0n) is 19.3. The highest BCUT2D eigenvalue weighted by Crippen LogP contribution is 2.44. The van der Waals surface area contributed by atoms with E-state index in [1.54, 1.807) is 4.90 Å². The molecule has 0 aromatic heterocycles. The van der Waals surface area contributed by atoms with Gasteiger partial charge in [-0.2, -0.15) is 0 Å². The molecule has 0 radical (unpaired) electrons. The van der Waals surface area contributed by atoms with Gasteiger partial charge >= 0.3 is 12.1 Å². The topological polar surface area (TPSA) is 95.9 Å². The van der Waals surface area contributed by atoms with Gasteiger partial charge in [-0.1, -0.05) is 55.5 Å². The van der Waals surface area contributed by atoms with Crippen molar-refractivity contribution >= 4 is 18.0 Å². The fourth-order valence-corrected chi connectivity index (χ4v) is 4.23. The van der Waals surface area contributed by atoms with Gasteiger partial charge in [0, 0.05) is 32.0 Å². The van der Waals surface area contributed by atoms with Gasteiger partial charge in [0.15, 0.2) is 0 Å². The Bertz CT molecular complexity index is 945. The lowest BCUT2D eigenvalue weighted by Crippen LogP contribution is -2.34. The lowest BCUT2D eigenvalue weighted by atomic mass is 9.98. The number of carboxylic acids is 1. The van der Waals surface area contributed by atoms with Crippen LogP contribution >= 0.6 is 0 Å². The maximum atomic E-state index is 12.3. The molecule has 2 aromatic carbocycles. The summed E-state index contributed by atoms with van der Waals surface area (Å²) in [4.78, 5) is 36.9. The standard InChI is InChI=1S/C26H32N2O5/c1-3-28(15-14-25(30)31)24(29)13-12-18(2)16-27-26(32)33-17-23-21-10-6-4-8-19(21)20-9-5-7-11-22(20)23/h4-11,18,23H,3,12-17H2,1-2H3,(H,27,32)(H,30,31). The van der Waals surface area contributed by atoms with Crippen LogP contribution in [0.25, 0.3) is 11.1 Å². The summed E-state index contributed by atoms with van der Waals surface area (Å²) >= 11 is 0. The molecule has 1 aliphatic rings. The molecule has 2 N–H and O–H groups in total. The summed E-state index contributed by atoms with van der Waals surface area (Å²) in [5, 5.41) is 11.6. The van der Waals surface area contributed by atoms with Crippen molar-refractivity contribution in [3.8, 4) is 11.1 Å². The van der Waals surface area contributed by atoms with Gasteiger partial charge in [-0.05, 0) is 41.5 Å². The Balaban J connectivity index is 1.43. The van der Waals surface area contributed by atoms with E-state index in [0.29, 0.717) is 25.9 Å². The molecule has 2 amide bonds. The molecule has 0 heterocycles. The number of aliphatic carboxylic acids is 1. The number of hydrogen-bond donors (Lipinski definition) is 2. The van der Waals surface area contributed by atoms with E-state index in [4.69, 9.17) is 9.84 Å². The van der Waals surface area contributed by atoms with Crippen LogP contribution in [0.4, 0.5) is 4.79 Å². The van der Waals surface area contributed by atoms with Gasteiger partial charge in [0.1, 0.15) is 6.61 Å². The van der Waals surface area contributed by atoms with Crippen molar-refractivity contribution < 1.29 is 24.2 Å². The fourth-order valence-electron chi connectivity index (χ4n) is 4.23. The summed E-state index contributed by atoms with van der Waals surface area (Å²) in [5.74, 6) is -0.870. The van der Waals surface area contributed by atoms with Crippen molar-refractivity contribution in [3.63, 3.8) is 0 Å². The van der Waals surface area contributed by atoms with Gasteiger partial charge in [-0.3, -0.25) is 9.59 Å². The van der Waals surface area contributed by atoms with Crippen molar-refractivity contribution in [3.05, 3.63) is 59.7 Å². The number of benzene rings is 2. The molecule has 1 unspecified atom stereocenters. The molecule has 0 spiro atoms. The van der Waals surface area contributed by atoms with Crippen LogP contribution in [0.1, 0.15) is 50.2 Å². The zero-order valence-corrected chi connectivity index (χ0v) is 19.3. The summed E-state index contributed by atoms with van der Waals surface area (Å²) < 4.78 is 5.54. The average molecular weight is 453 g/mol. The molecule has 7 nitrogen and oxygen atoms in total. The highest BCUT2D eigenvalue weighted by Gasteiger charge is 2.29. The van der Waals surface area contributed by atoms with Gasteiger partial charge in [0.25, 0.3) is 0 Å². The van der Waals surface area contributed by atoms with Crippen LogP contribution in [0.5, 0.6) is 0 Å². The van der Waals surface area contributed by atoms with Gasteiger partial charge in [-0.25, -0.2) is 4.79 Å². The molecule has 1 atom stereocenters. The molecular weight excluding hydrogens is 420 g/mol. The van der Waals surface area contributed by atoms with Crippen molar-refractivity contribution in [2.24, 2.45) is 5.92 Å². The largest absolute Gasteiger partial charge is 0.481 e. The number of amides is 2. The van der Waals surface area contributed by atoms with Gasteiger partial charge < -0.3 is 20.1 Å². The first kappa shape index (κ1) is 24.3. The molecule has 0 saturated heterocycles. The molecule has 33 heavy (non-hydrogen) atoms. The van der Waals surface area contributed by atoms with Crippen molar-refractivity contribution in [2.45, 2.75) is 39.0 Å². The van der Waals surface area contributed by atoms with Crippen LogP contribution in [-0.2, 0) is 14.3 Å². The van der Waals surface area contributed by atoms with E-state index >= 15 is 0 Å². The van der Waals surface area contributed by atoms with E-state index in [-0.39, 0.29) is 37.3 Å². The number of ether oxygens (including phenoxy) is 1. The Morgan fingerprint density at radius 2 is 1.64 bits per heavy atom. The van der Waals surface area contributed by atoms with Crippen LogP contribution in [0.3, 0.4) is 0 Å². The minimum absolute atomic E-state index is 0.0176. The Morgan fingerprint density at radius 1 is 1.03 bits per heavy atom. The van der Waals surface area contributed by atoms with E-state index in [0.717, 1.165) is 0 Å². The fraction of sp³-hybridized carbons (Fsp3) is 0.423. The number of carboxylic acid groups (broad SMARTS) is 1. The number of alkyl carbamates (subject to hydrolysis) is 1. The Morgan fingerprint density at radius 3 is 2.21 bits per heavy atom. The molecule has 2 aromatic rings. The molecule has 1 aliphatic carbocycles. The first-order valence-corrected chi connectivity index (χ1v) is 11.5. The minimum Gasteiger partial charge on any atom is -0.481 e. The maximum absolute atomic E-state index is 12.3. The monoisotopic (exact) mass is 452 g/mol. The summed E-state index contributed by atoms with van der Waals surface area (Å²) in [6.45, 7) is 5.18. The van der Waals surface area contributed by atoms with E-state index in [1.807, 2.05) is 38.1 Å². The highest BCUT2D eigenvalue weighted by molar-refractivity contribution is 5.79. The molecule has 7 heteroatoms. The third kappa shape index (κ3) is 6.34. The Hall–Kier alpha value is -3.35. The van der Waals surface area contributed by atoms with Crippen LogP contribution in [0.2, 0.25) is 0 Å². The van der Waals surface area contributed by atoms with Gasteiger partial charge in [0.2, 0.25) is 5.91 Å². The van der Waals surface area contributed by atoms with Crippen LogP contribution in [-0.4, -0.2) is 54.2 Å². The second-order valence-corrected chi connectivity index (χ2v) is 8.47. The number of nitrogens with zero attached hydrogens (tertiary/aromatic N) is 1. The third-order valence-electron chi connectivity index (χ3n) is 6.12. The van der Waals surface area contributed by atoms with E-state index in [2.05, 4.69) is 29.6 Å². The predicted molar refractivity (Wildman–Crippen MR) is 126 cm³/mol. The molecule has 0 bridgehead atoms. The van der Waals surface area contributed by atoms with Gasteiger partial charge in [0.05, 0.1) is 6.42 Å². The summed E-state index contributed by atoms with van der Waals surface area (Å²) in [5.41, 5.74) is 4.71. The van der Waals surface area contributed by atoms with E-state index in [9.17, 15) is 14.4 Å². The average Bonchev–Trinajstić information content (AvgIpc) is 3.14. The van der Waals surface area contributed by atoms with E-state index < -0.39 is 12.1 Å². The van der Waals surface area contributed by atoms with E-state index in [1.165, 1.54) is 22.3 Å². The lowest BCUT2D eigenvalue weighted by Gasteiger charge is -2.21. The smallest absolute Gasteiger partial charge is 0.407 e. The number of nitrogens with one attached hydrogen (secondary N) is 1. The summed E-state index contributed by atoms with van der Waals surface area (Å²) in [6, 6.07) is 16.4. The quantitative estimate of drug-likeness (QED) is 0.531. The van der Waals surface area contributed by atoms with Crippen molar-refractivity contribution in [2.75, 3.05) is 26.2 Å². The van der Waals surface area contributed by atoms with Gasteiger partial charge in [-0.15, -0.1) is 0 Å². The third-order valence-corrected chi connectivity index (χ3v) is 6.12. The Labute approximate surface area is 194 Å². The predicted octanol–water partition coefficient (Wildman–Crippen LogP) is 4.26. The molecule has 0 fully saturated rings. The molecule has 3 rings (SSSR count). The normalized spacial score (nSPS) is 13.0. The molecule has 0 saturated carbocycles. The number of carbonyl (C=O) groups is 3. The van der Waals surface area contributed by atoms with Crippen molar-refractivity contribution in [1.29, 1.82) is 0 Å². The maximum Gasteiger partial charge on any atom is 0.407 e. The summed E-state index contributed by atoms with van der Waals surface area (Å²) in [7, 11) is 0. The number of fused-ring (bicyclic) bond motifs is 3.